The lowest BCUT2D eigenvalue weighted by Crippen LogP contribution is -2.29. The van der Waals surface area contributed by atoms with Gasteiger partial charge in [-0.15, -0.1) is 0 Å². The second-order valence-electron chi connectivity index (χ2n) is 24.8. The number of hydrogen-bond donors (Lipinski definition) is 2. The van der Waals surface area contributed by atoms with Gasteiger partial charge >= 0.3 is 19.8 Å². The molecule has 0 aliphatic carbocycles. The van der Waals surface area contributed by atoms with E-state index >= 15 is 0 Å². The van der Waals surface area contributed by atoms with Crippen molar-refractivity contribution in [3.8, 4) is 0 Å². The zero-order valence-corrected chi connectivity index (χ0v) is 62.4. The SMILES string of the molecule is CC/C=C\C/C=C\C/C=C\C/C=C\C/C=C\C/C=C\C/C=C\C/C=C\C/C=C\CCCCCCCCCCCCCC(=O)OC(COC(=O)CCCCCCCCCCCCCC/C=C\C/C=C\C/C=C\C/C=C\C/C=C\C/C=C\C/C=C\C/C=C\CC)COP(=O)(O)OCCN. The normalized spacial score (nSPS) is 14.1. The van der Waals surface area contributed by atoms with Crippen LogP contribution in [-0.4, -0.2) is 49.3 Å². The van der Waals surface area contributed by atoms with Crippen LogP contribution in [-0.2, 0) is 32.7 Å². The highest BCUT2D eigenvalue weighted by molar-refractivity contribution is 7.47. The first-order valence-electron chi connectivity index (χ1n) is 38.6. The highest BCUT2D eigenvalue weighted by atomic mass is 31.2. The topological polar surface area (TPSA) is 134 Å². The first kappa shape index (κ1) is 91.6. The summed E-state index contributed by atoms with van der Waals surface area (Å²) in [6.45, 7) is 3.51. The number of phosphoric ester groups is 1. The van der Waals surface area contributed by atoms with E-state index in [-0.39, 0.29) is 38.6 Å². The molecule has 97 heavy (non-hydrogen) atoms. The van der Waals surface area contributed by atoms with E-state index in [2.05, 4.69) is 220 Å². The molecule has 0 saturated carbocycles. The Morgan fingerprint density at radius 3 is 0.794 bits per heavy atom. The fourth-order valence-corrected chi connectivity index (χ4v) is 10.8. The molecule has 0 heterocycles. The number of nitrogens with two attached hydrogens (primary N) is 1. The molecular formula is C87H140NO8P. The van der Waals surface area contributed by atoms with Crippen LogP contribution in [0.5, 0.6) is 0 Å². The maximum atomic E-state index is 12.8. The molecule has 0 aromatic heterocycles. The lowest BCUT2D eigenvalue weighted by molar-refractivity contribution is -0.161. The number of ether oxygens (including phenoxy) is 2. The fourth-order valence-electron chi connectivity index (χ4n) is 10.1. The number of phosphoric acid groups is 1. The highest BCUT2D eigenvalue weighted by Gasteiger charge is 2.26. The Kier molecular flexibility index (Phi) is 75.1. The quantitative estimate of drug-likeness (QED) is 0.0264. The summed E-state index contributed by atoms with van der Waals surface area (Å²) in [5, 5.41) is 0. The summed E-state index contributed by atoms with van der Waals surface area (Å²) in [6.07, 6.45) is 122. The minimum absolute atomic E-state index is 0.0438. The van der Waals surface area contributed by atoms with Crippen LogP contribution in [0.25, 0.3) is 0 Å². The van der Waals surface area contributed by atoms with Crippen LogP contribution >= 0.6 is 7.82 Å². The second-order valence-corrected chi connectivity index (χ2v) is 26.2. The van der Waals surface area contributed by atoms with Crippen molar-refractivity contribution in [3.63, 3.8) is 0 Å². The summed E-state index contributed by atoms with van der Waals surface area (Å²) in [5.41, 5.74) is 5.41. The molecule has 546 valence electrons. The van der Waals surface area contributed by atoms with Gasteiger partial charge in [0.15, 0.2) is 6.10 Å². The molecule has 2 unspecified atom stereocenters. The molecule has 0 bridgehead atoms. The molecule has 0 fully saturated rings. The molecule has 3 N–H and O–H groups in total. The Morgan fingerprint density at radius 1 is 0.309 bits per heavy atom. The number of carbonyl (C=O) groups excluding carboxylic acids is 2. The van der Waals surface area contributed by atoms with Crippen molar-refractivity contribution >= 4 is 19.8 Å². The van der Waals surface area contributed by atoms with Crippen LogP contribution < -0.4 is 5.73 Å². The van der Waals surface area contributed by atoms with Crippen molar-refractivity contribution in [2.45, 2.75) is 302 Å². The summed E-state index contributed by atoms with van der Waals surface area (Å²) in [6, 6.07) is 0. The molecule has 0 radical (unpaired) electrons. The molecule has 0 aliphatic heterocycles. The van der Waals surface area contributed by atoms with Gasteiger partial charge in [-0.2, -0.15) is 0 Å². The number of carbonyl (C=O) groups is 2. The molecule has 0 saturated heterocycles. The first-order valence-corrected chi connectivity index (χ1v) is 40.1. The van der Waals surface area contributed by atoms with Crippen molar-refractivity contribution in [1.82, 2.24) is 0 Å². The van der Waals surface area contributed by atoms with Crippen molar-refractivity contribution in [1.29, 1.82) is 0 Å². The molecule has 0 aliphatic rings. The lowest BCUT2D eigenvalue weighted by atomic mass is 10.0. The second kappa shape index (κ2) is 79.6. The van der Waals surface area contributed by atoms with Crippen LogP contribution in [0.4, 0.5) is 0 Å². The molecule has 0 rings (SSSR count). The molecular weight excluding hydrogens is 1220 g/mol. The van der Waals surface area contributed by atoms with Crippen LogP contribution in [0.1, 0.15) is 296 Å². The maximum Gasteiger partial charge on any atom is 0.472 e. The smallest absolute Gasteiger partial charge is 0.462 e. The van der Waals surface area contributed by atoms with E-state index in [1.165, 1.54) is 103 Å². The zero-order chi connectivity index (χ0) is 70.0. The van der Waals surface area contributed by atoms with Gasteiger partial charge in [-0.25, -0.2) is 4.57 Å². The van der Waals surface area contributed by atoms with E-state index in [0.717, 1.165) is 161 Å². The third-order valence-electron chi connectivity index (χ3n) is 15.7. The van der Waals surface area contributed by atoms with Gasteiger partial charge < -0.3 is 20.1 Å². The minimum Gasteiger partial charge on any atom is -0.462 e. The summed E-state index contributed by atoms with van der Waals surface area (Å²) in [5.74, 6) is -0.841. The molecule has 10 heteroatoms. The highest BCUT2D eigenvalue weighted by Crippen LogP contribution is 2.43. The third-order valence-corrected chi connectivity index (χ3v) is 16.6. The van der Waals surface area contributed by atoms with Gasteiger partial charge in [-0.1, -0.05) is 342 Å². The van der Waals surface area contributed by atoms with E-state index in [1.807, 2.05) is 0 Å². The number of allylic oxidation sites excluding steroid dienone is 34. The third kappa shape index (κ3) is 79.5. The van der Waals surface area contributed by atoms with Gasteiger partial charge in [0.2, 0.25) is 0 Å². The van der Waals surface area contributed by atoms with E-state index < -0.39 is 26.5 Å². The standard InChI is InChI=1S/C87H140NO8P/c1-3-5-7-9-11-13-15-17-19-21-23-25-27-29-31-33-35-37-39-41-42-44-46-48-50-52-54-56-58-60-62-64-66-68-70-72-74-76-78-80-87(90)96-85(84-95-97(91,92)94-82-81-88)83-93-86(89)79-77-75-73-71-69-67-65-63-61-59-57-55-53-51-49-47-45-43-40-38-36-34-32-30-28-26-24-22-20-18-16-14-12-10-8-6-4-2/h5-8,11-14,17-20,23-26,29-32,35-38,41-43,45-46,48-49,51-52,54,85H,3-4,9-10,15-16,21-22,27-28,33-34,39-40,44,47,50,53,55-84,88H2,1-2H3,(H,91,92)/b7-5-,8-6-,13-11-,14-12-,19-17-,20-18-,25-23-,26-24-,31-29-,32-30-,37-35-,38-36-,42-41-,45-43-,48-46-,51-49-,54-52-. The Hall–Kier alpha value is -5.41. The average Bonchev–Trinajstić information content (AvgIpc) is 2.88. The Labute approximate surface area is 595 Å². The van der Waals surface area contributed by atoms with Gasteiger partial charge in [-0.3, -0.25) is 18.6 Å². The Balaban J connectivity index is 3.94. The summed E-state index contributed by atoms with van der Waals surface area (Å²) in [4.78, 5) is 35.5. The lowest BCUT2D eigenvalue weighted by Gasteiger charge is -2.19. The van der Waals surface area contributed by atoms with E-state index in [0.29, 0.717) is 6.42 Å². The van der Waals surface area contributed by atoms with Crippen LogP contribution in [0.2, 0.25) is 0 Å². The molecule has 9 nitrogen and oxygen atoms in total. The zero-order valence-electron chi connectivity index (χ0n) is 61.5. The van der Waals surface area contributed by atoms with Crippen LogP contribution in [0, 0.1) is 0 Å². The predicted octanol–water partition coefficient (Wildman–Crippen LogP) is 26.2. The predicted molar refractivity (Wildman–Crippen MR) is 421 cm³/mol. The molecule has 0 spiro atoms. The average molecular weight is 1360 g/mol. The van der Waals surface area contributed by atoms with Gasteiger partial charge in [0.05, 0.1) is 13.2 Å². The number of unbranched alkanes of at least 4 members (excludes halogenated alkanes) is 23. The Morgan fingerprint density at radius 2 is 0.536 bits per heavy atom. The summed E-state index contributed by atoms with van der Waals surface area (Å²) < 4.78 is 33.2. The Bertz CT molecular complexity index is 2350. The van der Waals surface area contributed by atoms with Crippen molar-refractivity contribution in [2.24, 2.45) is 5.73 Å². The van der Waals surface area contributed by atoms with E-state index in [1.54, 1.807) is 0 Å². The molecule has 0 aromatic carbocycles. The van der Waals surface area contributed by atoms with Crippen molar-refractivity contribution in [3.05, 3.63) is 207 Å². The summed E-state index contributed by atoms with van der Waals surface area (Å²) >= 11 is 0. The van der Waals surface area contributed by atoms with E-state index in [4.69, 9.17) is 24.3 Å². The number of esters is 2. The van der Waals surface area contributed by atoms with Crippen molar-refractivity contribution in [2.75, 3.05) is 26.4 Å². The van der Waals surface area contributed by atoms with Gasteiger partial charge in [0.1, 0.15) is 6.61 Å². The van der Waals surface area contributed by atoms with Gasteiger partial charge in [-0.05, 0) is 148 Å². The first-order chi connectivity index (χ1) is 47.8. The molecule has 2 atom stereocenters. The molecule has 0 aromatic rings. The summed E-state index contributed by atoms with van der Waals surface area (Å²) in [7, 11) is -4.41. The minimum atomic E-state index is -4.41. The molecule has 0 amide bonds. The van der Waals surface area contributed by atoms with Gasteiger partial charge in [0.25, 0.3) is 0 Å². The van der Waals surface area contributed by atoms with Gasteiger partial charge in [0, 0.05) is 19.4 Å². The van der Waals surface area contributed by atoms with Crippen molar-refractivity contribution < 1.29 is 37.6 Å². The number of rotatable bonds is 70. The van der Waals surface area contributed by atoms with Crippen LogP contribution in [0.3, 0.4) is 0 Å². The number of hydrogen-bond acceptors (Lipinski definition) is 8. The maximum absolute atomic E-state index is 12.8. The van der Waals surface area contributed by atoms with E-state index in [9.17, 15) is 19.0 Å². The largest absolute Gasteiger partial charge is 0.472 e. The fraction of sp³-hybridized carbons (Fsp3) is 0.586. The van der Waals surface area contributed by atoms with Crippen LogP contribution in [0.15, 0.2) is 207 Å². The monoisotopic (exact) mass is 1360 g/mol.